The minimum atomic E-state index is 0.130. The fraction of sp³-hybridized carbons (Fsp3) is 0.533. The summed E-state index contributed by atoms with van der Waals surface area (Å²) in [6, 6.07) is 10.0. The van der Waals surface area contributed by atoms with Crippen LogP contribution in [0.1, 0.15) is 45.1 Å². The maximum atomic E-state index is 11.8. The van der Waals surface area contributed by atoms with Crippen molar-refractivity contribution in [2.24, 2.45) is 5.92 Å². The normalized spacial score (nSPS) is 12.1. The Balaban J connectivity index is 2.24. The van der Waals surface area contributed by atoms with Crippen LogP contribution in [0.25, 0.3) is 0 Å². The van der Waals surface area contributed by atoms with Gasteiger partial charge in [0.25, 0.3) is 0 Å². The summed E-state index contributed by atoms with van der Waals surface area (Å²) >= 11 is 0. The quantitative estimate of drug-likeness (QED) is 0.717. The Morgan fingerprint density at radius 2 is 1.94 bits per heavy atom. The predicted molar refractivity (Wildman–Crippen MR) is 71.6 cm³/mol. The van der Waals surface area contributed by atoms with Gasteiger partial charge in [-0.2, -0.15) is 0 Å². The minimum absolute atomic E-state index is 0.130. The van der Waals surface area contributed by atoms with Gasteiger partial charge >= 0.3 is 0 Å². The molecule has 1 aromatic carbocycles. The summed E-state index contributed by atoms with van der Waals surface area (Å²) in [5, 5.41) is 2.99. The summed E-state index contributed by atoms with van der Waals surface area (Å²) in [6.45, 7) is 4.83. The van der Waals surface area contributed by atoms with Gasteiger partial charge in [-0.1, -0.05) is 63.4 Å². The highest BCUT2D eigenvalue weighted by atomic mass is 16.1. The summed E-state index contributed by atoms with van der Waals surface area (Å²) in [7, 11) is 0. The minimum Gasteiger partial charge on any atom is -0.352 e. The van der Waals surface area contributed by atoms with Gasteiger partial charge in [-0.05, 0) is 12.0 Å². The molecular formula is C15H23NO. The molecule has 1 aromatic rings. The fourth-order valence-corrected chi connectivity index (χ4v) is 1.79. The molecule has 1 atom stereocenters. The topological polar surface area (TPSA) is 29.1 Å². The molecule has 0 aromatic heterocycles. The lowest BCUT2D eigenvalue weighted by Gasteiger charge is -2.11. The Bertz CT molecular complexity index is 321. The standard InChI is InChI=1S/C15H23NO/c1-3-4-6-9-13(2)15(17)16-12-14-10-7-5-8-11-14/h5,7-8,10-11,13H,3-4,6,9,12H2,1-2H3,(H,16,17)/t13-/m0/s1. The average molecular weight is 233 g/mol. The summed E-state index contributed by atoms with van der Waals surface area (Å²) in [4.78, 5) is 11.8. The van der Waals surface area contributed by atoms with E-state index in [-0.39, 0.29) is 11.8 Å². The zero-order valence-corrected chi connectivity index (χ0v) is 10.9. The van der Waals surface area contributed by atoms with Crippen LogP contribution in [0.2, 0.25) is 0 Å². The molecule has 94 valence electrons. The molecule has 1 rings (SSSR count). The van der Waals surface area contributed by atoms with Crippen LogP contribution >= 0.6 is 0 Å². The number of rotatable bonds is 7. The third-order valence-electron chi connectivity index (χ3n) is 3.00. The van der Waals surface area contributed by atoms with Crippen LogP contribution in [0.3, 0.4) is 0 Å². The van der Waals surface area contributed by atoms with Crippen LogP contribution in [-0.2, 0) is 11.3 Å². The lowest BCUT2D eigenvalue weighted by Crippen LogP contribution is -2.28. The van der Waals surface area contributed by atoms with Crippen molar-refractivity contribution < 1.29 is 4.79 Å². The molecule has 0 saturated heterocycles. The van der Waals surface area contributed by atoms with Crippen molar-refractivity contribution in [2.75, 3.05) is 0 Å². The molecule has 0 spiro atoms. The van der Waals surface area contributed by atoms with Gasteiger partial charge in [-0.25, -0.2) is 0 Å². The fourth-order valence-electron chi connectivity index (χ4n) is 1.79. The lowest BCUT2D eigenvalue weighted by atomic mass is 10.0. The van der Waals surface area contributed by atoms with Gasteiger partial charge in [0.2, 0.25) is 5.91 Å². The highest BCUT2D eigenvalue weighted by molar-refractivity contribution is 5.78. The number of hydrogen-bond donors (Lipinski definition) is 1. The first-order chi connectivity index (χ1) is 8.24. The second-order valence-corrected chi connectivity index (χ2v) is 4.60. The predicted octanol–water partition coefficient (Wildman–Crippen LogP) is 3.52. The van der Waals surface area contributed by atoms with Crippen LogP contribution in [0.15, 0.2) is 30.3 Å². The molecule has 0 unspecified atom stereocenters. The molecule has 0 heterocycles. The van der Waals surface area contributed by atoms with E-state index in [1.165, 1.54) is 12.8 Å². The van der Waals surface area contributed by atoms with Gasteiger partial charge in [-0.3, -0.25) is 4.79 Å². The second-order valence-electron chi connectivity index (χ2n) is 4.60. The van der Waals surface area contributed by atoms with E-state index in [0.717, 1.165) is 18.4 Å². The number of unbranched alkanes of at least 4 members (excludes halogenated alkanes) is 2. The zero-order chi connectivity index (χ0) is 12.5. The Hall–Kier alpha value is -1.31. The van der Waals surface area contributed by atoms with Crippen molar-refractivity contribution in [2.45, 2.75) is 46.1 Å². The van der Waals surface area contributed by atoms with Gasteiger partial charge in [0, 0.05) is 12.5 Å². The first-order valence-corrected chi connectivity index (χ1v) is 6.55. The van der Waals surface area contributed by atoms with E-state index in [2.05, 4.69) is 12.2 Å². The molecule has 2 nitrogen and oxygen atoms in total. The van der Waals surface area contributed by atoms with Gasteiger partial charge in [-0.15, -0.1) is 0 Å². The molecule has 0 aliphatic carbocycles. The van der Waals surface area contributed by atoms with Gasteiger partial charge < -0.3 is 5.32 Å². The number of carbonyl (C=O) groups excluding carboxylic acids is 1. The summed E-state index contributed by atoms with van der Waals surface area (Å²) in [5.41, 5.74) is 1.15. The smallest absolute Gasteiger partial charge is 0.223 e. The molecule has 0 aliphatic heterocycles. The third-order valence-corrected chi connectivity index (χ3v) is 3.00. The number of amides is 1. The van der Waals surface area contributed by atoms with Crippen LogP contribution in [-0.4, -0.2) is 5.91 Å². The van der Waals surface area contributed by atoms with E-state index in [1.807, 2.05) is 37.3 Å². The van der Waals surface area contributed by atoms with Crippen molar-refractivity contribution in [3.8, 4) is 0 Å². The number of benzene rings is 1. The number of carbonyl (C=O) groups is 1. The molecule has 0 radical (unpaired) electrons. The number of hydrogen-bond acceptors (Lipinski definition) is 1. The highest BCUT2D eigenvalue weighted by Gasteiger charge is 2.11. The maximum absolute atomic E-state index is 11.8. The Morgan fingerprint density at radius 3 is 2.59 bits per heavy atom. The van der Waals surface area contributed by atoms with Gasteiger partial charge in [0.1, 0.15) is 0 Å². The lowest BCUT2D eigenvalue weighted by molar-refractivity contribution is -0.124. The third kappa shape index (κ3) is 5.53. The van der Waals surface area contributed by atoms with E-state index in [4.69, 9.17) is 0 Å². The van der Waals surface area contributed by atoms with E-state index in [0.29, 0.717) is 6.54 Å². The van der Waals surface area contributed by atoms with Gasteiger partial charge in [0.05, 0.1) is 0 Å². The summed E-state index contributed by atoms with van der Waals surface area (Å²) in [5.74, 6) is 0.301. The molecule has 0 saturated carbocycles. The van der Waals surface area contributed by atoms with Crippen LogP contribution < -0.4 is 5.32 Å². The summed E-state index contributed by atoms with van der Waals surface area (Å²) < 4.78 is 0. The monoisotopic (exact) mass is 233 g/mol. The molecular weight excluding hydrogens is 210 g/mol. The number of nitrogens with one attached hydrogen (secondary N) is 1. The van der Waals surface area contributed by atoms with Crippen molar-refractivity contribution in [1.29, 1.82) is 0 Å². The second kappa shape index (κ2) is 7.88. The Morgan fingerprint density at radius 1 is 1.24 bits per heavy atom. The Kier molecular flexibility index (Phi) is 6.38. The van der Waals surface area contributed by atoms with Gasteiger partial charge in [0.15, 0.2) is 0 Å². The van der Waals surface area contributed by atoms with E-state index >= 15 is 0 Å². The van der Waals surface area contributed by atoms with E-state index in [1.54, 1.807) is 0 Å². The van der Waals surface area contributed by atoms with Crippen molar-refractivity contribution in [3.63, 3.8) is 0 Å². The summed E-state index contributed by atoms with van der Waals surface area (Å²) in [6.07, 6.45) is 4.57. The van der Waals surface area contributed by atoms with Crippen LogP contribution in [0.4, 0.5) is 0 Å². The Labute approximate surface area is 104 Å². The van der Waals surface area contributed by atoms with Crippen molar-refractivity contribution in [1.82, 2.24) is 5.32 Å². The molecule has 0 aliphatic rings. The molecule has 1 amide bonds. The first kappa shape index (κ1) is 13.8. The zero-order valence-electron chi connectivity index (χ0n) is 10.9. The van der Waals surface area contributed by atoms with Crippen LogP contribution in [0, 0.1) is 5.92 Å². The SMILES string of the molecule is CCCCC[C@H](C)C(=O)NCc1ccccc1. The van der Waals surface area contributed by atoms with E-state index < -0.39 is 0 Å². The molecule has 1 N–H and O–H groups in total. The van der Waals surface area contributed by atoms with Crippen molar-refractivity contribution in [3.05, 3.63) is 35.9 Å². The highest BCUT2D eigenvalue weighted by Crippen LogP contribution is 2.09. The maximum Gasteiger partial charge on any atom is 0.223 e. The largest absolute Gasteiger partial charge is 0.352 e. The molecule has 0 fully saturated rings. The average Bonchev–Trinajstić information content (AvgIpc) is 2.37. The molecule has 2 heteroatoms. The van der Waals surface area contributed by atoms with E-state index in [9.17, 15) is 4.79 Å². The van der Waals surface area contributed by atoms with Crippen LogP contribution in [0.5, 0.6) is 0 Å². The molecule has 17 heavy (non-hydrogen) atoms. The van der Waals surface area contributed by atoms with Crippen molar-refractivity contribution >= 4 is 5.91 Å². The molecule has 0 bridgehead atoms. The first-order valence-electron chi connectivity index (χ1n) is 6.55.